The number of amides is 4. The van der Waals surface area contributed by atoms with Crippen molar-refractivity contribution in [3.63, 3.8) is 0 Å². The van der Waals surface area contributed by atoms with Crippen molar-refractivity contribution in [3.05, 3.63) is 60.2 Å². The van der Waals surface area contributed by atoms with Crippen molar-refractivity contribution in [2.75, 3.05) is 30.8 Å². The second kappa shape index (κ2) is 13.5. The number of benzene rings is 2. The van der Waals surface area contributed by atoms with Crippen molar-refractivity contribution in [1.29, 1.82) is 0 Å². The van der Waals surface area contributed by atoms with Crippen molar-refractivity contribution in [2.24, 2.45) is 0 Å². The predicted molar refractivity (Wildman–Crippen MR) is 126 cm³/mol. The minimum atomic E-state index is -0.943. The summed E-state index contributed by atoms with van der Waals surface area (Å²) in [5.41, 5.74) is 2.32. The fourth-order valence-electron chi connectivity index (χ4n) is 2.96. The normalized spacial score (nSPS) is 10.2. The molecule has 33 heavy (non-hydrogen) atoms. The number of para-hydroxylation sites is 1. The number of carbonyl (C=O) groups is 4. The molecule has 0 spiro atoms. The van der Waals surface area contributed by atoms with Gasteiger partial charge in [-0.05, 0) is 42.7 Å². The SMILES string of the molecule is CN(CCC(=O)O)C(=O)CCCNC(=O)CCc1ccc(NC(=O)Nc2ccccc2)cc1. The molecule has 0 radical (unpaired) electrons. The van der Waals surface area contributed by atoms with E-state index in [1.54, 1.807) is 31.3 Å². The molecule has 0 aliphatic rings. The fraction of sp³-hybridized carbons (Fsp3) is 0.333. The first kappa shape index (κ1) is 25.4. The van der Waals surface area contributed by atoms with E-state index in [1.165, 1.54) is 4.90 Å². The van der Waals surface area contributed by atoms with E-state index in [0.29, 0.717) is 37.2 Å². The molecular formula is C24H30N4O5. The number of hydrogen-bond acceptors (Lipinski definition) is 4. The first-order chi connectivity index (χ1) is 15.8. The van der Waals surface area contributed by atoms with Crippen LogP contribution in [0.2, 0.25) is 0 Å². The van der Waals surface area contributed by atoms with Crippen molar-refractivity contribution in [1.82, 2.24) is 10.2 Å². The maximum Gasteiger partial charge on any atom is 0.323 e. The number of aliphatic carboxylic acids is 1. The molecule has 9 nitrogen and oxygen atoms in total. The smallest absolute Gasteiger partial charge is 0.323 e. The lowest BCUT2D eigenvalue weighted by atomic mass is 10.1. The summed E-state index contributed by atoms with van der Waals surface area (Å²) in [5.74, 6) is -1.19. The summed E-state index contributed by atoms with van der Waals surface area (Å²) in [6.07, 6.45) is 1.53. The number of nitrogens with one attached hydrogen (secondary N) is 3. The molecule has 4 amide bonds. The number of urea groups is 1. The Balaban J connectivity index is 1.62. The van der Waals surface area contributed by atoms with Crippen LogP contribution >= 0.6 is 0 Å². The highest BCUT2D eigenvalue weighted by Gasteiger charge is 2.10. The van der Waals surface area contributed by atoms with E-state index in [9.17, 15) is 19.2 Å². The molecule has 0 saturated carbocycles. The number of anilines is 2. The van der Waals surface area contributed by atoms with Crippen LogP contribution in [0.4, 0.5) is 16.2 Å². The summed E-state index contributed by atoms with van der Waals surface area (Å²) in [7, 11) is 1.57. The predicted octanol–water partition coefficient (Wildman–Crippen LogP) is 3.09. The number of rotatable bonds is 12. The first-order valence-electron chi connectivity index (χ1n) is 10.8. The van der Waals surface area contributed by atoms with Crippen LogP contribution < -0.4 is 16.0 Å². The van der Waals surface area contributed by atoms with Crippen LogP contribution in [0.5, 0.6) is 0 Å². The minimum Gasteiger partial charge on any atom is -0.481 e. The van der Waals surface area contributed by atoms with Crippen LogP contribution in [0, 0.1) is 0 Å². The third kappa shape index (κ3) is 10.3. The molecule has 0 fully saturated rings. The molecule has 2 aromatic carbocycles. The van der Waals surface area contributed by atoms with Crippen LogP contribution in [0.15, 0.2) is 54.6 Å². The van der Waals surface area contributed by atoms with Crippen LogP contribution in [-0.4, -0.2) is 54.0 Å². The van der Waals surface area contributed by atoms with Gasteiger partial charge < -0.3 is 26.0 Å². The molecule has 0 aromatic heterocycles. The zero-order valence-corrected chi connectivity index (χ0v) is 18.7. The monoisotopic (exact) mass is 454 g/mol. The first-order valence-corrected chi connectivity index (χ1v) is 10.8. The van der Waals surface area contributed by atoms with Crippen LogP contribution in [0.25, 0.3) is 0 Å². The summed E-state index contributed by atoms with van der Waals surface area (Å²) in [4.78, 5) is 47.9. The highest BCUT2D eigenvalue weighted by molar-refractivity contribution is 5.99. The Hall–Kier alpha value is -3.88. The van der Waals surface area contributed by atoms with E-state index in [-0.39, 0.29) is 37.2 Å². The van der Waals surface area contributed by atoms with Gasteiger partial charge in [-0.1, -0.05) is 30.3 Å². The molecule has 0 heterocycles. The molecule has 9 heteroatoms. The molecule has 2 rings (SSSR count). The molecule has 0 unspecified atom stereocenters. The Morgan fingerprint density at radius 1 is 0.848 bits per heavy atom. The van der Waals surface area contributed by atoms with Crippen LogP contribution in [0.3, 0.4) is 0 Å². The highest BCUT2D eigenvalue weighted by Crippen LogP contribution is 2.12. The standard InChI is InChI=1S/C24H30N4O5/c1-28(17-15-23(31)32)22(30)8-5-16-25-21(29)14-11-18-9-12-20(13-10-18)27-24(33)26-19-6-3-2-4-7-19/h2-4,6-7,9-10,12-13H,5,8,11,14-17H2,1H3,(H,25,29)(H,31,32)(H2,26,27,33). The van der Waals surface area contributed by atoms with Gasteiger partial charge in [0.15, 0.2) is 0 Å². The topological polar surface area (TPSA) is 128 Å². The van der Waals surface area contributed by atoms with Gasteiger partial charge in [0.1, 0.15) is 0 Å². The van der Waals surface area contributed by atoms with Crippen molar-refractivity contribution >= 4 is 35.2 Å². The second-order valence-electron chi connectivity index (χ2n) is 7.55. The Labute approximate surface area is 193 Å². The molecule has 0 saturated heterocycles. The molecule has 2 aromatic rings. The number of carboxylic acid groups (broad SMARTS) is 1. The fourth-order valence-corrected chi connectivity index (χ4v) is 2.96. The van der Waals surface area contributed by atoms with Crippen LogP contribution in [0.1, 0.15) is 31.2 Å². The van der Waals surface area contributed by atoms with E-state index in [4.69, 9.17) is 5.11 Å². The van der Waals surface area contributed by atoms with Gasteiger partial charge >= 0.3 is 12.0 Å². The van der Waals surface area contributed by atoms with Crippen molar-refractivity contribution in [2.45, 2.75) is 32.1 Å². The lowest BCUT2D eigenvalue weighted by molar-refractivity contribution is -0.138. The number of carbonyl (C=O) groups excluding carboxylic acids is 3. The number of hydrogen-bond donors (Lipinski definition) is 4. The molecular weight excluding hydrogens is 424 g/mol. The lowest BCUT2D eigenvalue weighted by Gasteiger charge is -2.15. The Morgan fingerprint density at radius 2 is 1.48 bits per heavy atom. The molecule has 4 N–H and O–H groups in total. The molecule has 0 atom stereocenters. The van der Waals surface area contributed by atoms with Gasteiger partial charge in [0.05, 0.1) is 6.42 Å². The van der Waals surface area contributed by atoms with E-state index >= 15 is 0 Å². The van der Waals surface area contributed by atoms with Gasteiger partial charge in [0.25, 0.3) is 0 Å². The maximum atomic E-state index is 12.0. The summed E-state index contributed by atoms with van der Waals surface area (Å²) >= 11 is 0. The van der Waals surface area contributed by atoms with E-state index in [0.717, 1.165) is 5.56 Å². The van der Waals surface area contributed by atoms with Crippen LogP contribution in [-0.2, 0) is 20.8 Å². The van der Waals surface area contributed by atoms with Gasteiger partial charge in [0, 0.05) is 44.4 Å². The van der Waals surface area contributed by atoms with Gasteiger partial charge in [-0.3, -0.25) is 14.4 Å². The van der Waals surface area contributed by atoms with Gasteiger partial charge in [-0.15, -0.1) is 0 Å². The molecule has 0 aliphatic carbocycles. The number of carboxylic acids is 1. The van der Waals surface area contributed by atoms with Gasteiger partial charge in [0.2, 0.25) is 11.8 Å². The summed E-state index contributed by atoms with van der Waals surface area (Å²) in [6, 6.07) is 16.1. The quantitative estimate of drug-likeness (QED) is 0.367. The molecule has 176 valence electrons. The van der Waals surface area contributed by atoms with E-state index < -0.39 is 5.97 Å². The molecule has 0 aliphatic heterocycles. The maximum absolute atomic E-state index is 12.0. The third-order valence-corrected chi connectivity index (χ3v) is 4.86. The van der Waals surface area contributed by atoms with E-state index in [1.807, 2.05) is 30.3 Å². The summed E-state index contributed by atoms with van der Waals surface area (Å²) in [6.45, 7) is 0.559. The highest BCUT2D eigenvalue weighted by atomic mass is 16.4. The lowest BCUT2D eigenvalue weighted by Crippen LogP contribution is -2.30. The largest absolute Gasteiger partial charge is 0.481 e. The van der Waals surface area contributed by atoms with Crippen molar-refractivity contribution in [3.8, 4) is 0 Å². The average molecular weight is 455 g/mol. The average Bonchev–Trinajstić information content (AvgIpc) is 2.80. The Morgan fingerprint density at radius 3 is 2.12 bits per heavy atom. The summed E-state index contributed by atoms with van der Waals surface area (Å²) < 4.78 is 0. The zero-order chi connectivity index (χ0) is 24.1. The summed E-state index contributed by atoms with van der Waals surface area (Å²) in [5, 5.41) is 16.9. The number of nitrogens with zero attached hydrogens (tertiary/aromatic N) is 1. The zero-order valence-electron chi connectivity index (χ0n) is 18.7. The third-order valence-electron chi connectivity index (χ3n) is 4.86. The molecule has 0 bridgehead atoms. The van der Waals surface area contributed by atoms with Gasteiger partial charge in [-0.25, -0.2) is 4.79 Å². The minimum absolute atomic E-state index is 0.0864. The van der Waals surface area contributed by atoms with E-state index in [2.05, 4.69) is 16.0 Å². The van der Waals surface area contributed by atoms with Crippen molar-refractivity contribution < 1.29 is 24.3 Å². The van der Waals surface area contributed by atoms with Gasteiger partial charge in [-0.2, -0.15) is 0 Å². The Bertz CT molecular complexity index is 932. The number of aryl methyl sites for hydroxylation is 1. The Kier molecular flexibility index (Phi) is 10.4. The second-order valence-corrected chi connectivity index (χ2v) is 7.55.